The van der Waals surface area contributed by atoms with Crippen molar-refractivity contribution in [3.05, 3.63) is 103 Å². The SMILES string of the molecule is Oc1c(Pc2ccccc2F)cc(-c2ccccc2)cc1-c1ccccc1. The van der Waals surface area contributed by atoms with Crippen molar-refractivity contribution in [2.45, 2.75) is 0 Å². The summed E-state index contributed by atoms with van der Waals surface area (Å²) in [6, 6.07) is 30.5. The van der Waals surface area contributed by atoms with E-state index in [0.717, 1.165) is 27.6 Å². The lowest BCUT2D eigenvalue weighted by atomic mass is 9.98. The molecule has 1 unspecified atom stereocenters. The van der Waals surface area contributed by atoms with Crippen LogP contribution in [0.5, 0.6) is 5.75 Å². The second-order valence-corrected chi connectivity index (χ2v) is 7.58. The van der Waals surface area contributed by atoms with Gasteiger partial charge in [0, 0.05) is 16.2 Å². The molecule has 0 amide bonds. The van der Waals surface area contributed by atoms with Gasteiger partial charge in [-0.2, -0.15) is 0 Å². The Hall–Kier alpha value is -2.96. The third-order valence-electron chi connectivity index (χ3n) is 4.45. The van der Waals surface area contributed by atoms with E-state index >= 15 is 0 Å². The van der Waals surface area contributed by atoms with Gasteiger partial charge in [0.25, 0.3) is 0 Å². The summed E-state index contributed by atoms with van der Waals surface area (Å²) in [4.78, 5) is 0. The summed E-state index contributed by atoms with van der Waals surface area (Å²) in [5.41, 5.74) is 3.77. The van der Waals surface area contributed by atoms with E-state index in [-0.39, 0.29) is 20.1 Å². The van der Waals surface area contributed by atoms with Gasteiger partial charge >= 0.3 is 0 Å². The third kappa shape index (κ3) is 3.77. The number of aromatic hydroxyl groups is 1. The number of benzene rings is 4. The molecule has 0 aliphatic carbocycles. The van der Waals surface area contributed by atoms with E-state index in [2.05, 4.69) is 0 Å². The minimum atomic E-state index is -0.249. The molecule has 0 saturated heterocycles. The van der Waals surface area contributed by atoms with Crippen LogP contribution in [0.1, 0.15) is 0 Å². The Kier molecular flexibility index (Phi) is 5.00. The molecule has 0 radical (unpaired) electrons. The van der Waals surface area contributed by atoms with E-state index in [1.807, 2.05) is 78.9 Å². The van der Waals surface area contributed by atoms with Gasteiger partial charge in [0.2, 0.25) is 0 Å². The summed E-state index contributed by atoms with van der Waals surface area (Å²) < 4.78 is 14.2. The number of halogens is 1. The van der Waals surface area contributed by atoms with E-state index in [9.17, 15) is 9.50 Å². The maximum atomic E-state index is 14.2. The average molecular weight is 372 g/mol. The Balaban J connectivity index is 1.88. The number of rotatable bonds is 4. The first kappa shape index (κ1) is 17.5. The van der Waals surface area contributed by atoms with Crippen LogP contribution in [0, 0.1) is 5.82 Å². The fraction of sp³-hybridized carbons (Fsp3) is 0. The largest absolute Gasteiger partial charge is 0.507 e. The fourth-order valence-electron chi connectivity index (χ4n) is 3.07. The number of hydrogen-bond acceptors (Lipinski definition) is 1. The molecule has 0 aromatic heterocycles. The zero-order chi connectivity index (χ0) is 18.6. The minimum absolute atomic E-state index is 0.0320. The van der Waals surface area contributed by atoms with Crippen LogP contribution in [0.25, 0.3) is 22.3 Å². The Morgan fingerprint density at radius 3 is 1.85 bits per heavy atom. The Bertz CT molecular complexity index is 1060. The molecule has 4 rings (SSSR count). The van der Waals surface area contributed by atoms with E-state index in [0.29, 0.717) is 5.30 Å². The molecule has 132 valence electrons. The lowest BCUT2D eigenvalue weighted by molar-refractivity contribution is 0.482. The van der Waals surface area contributed by atoms with Crippen LogP contribution >= 0.6 is 8.58 Å². The molecule has 0 fully saturated rings. The predicted molar refractivity (Wildman–Crippen MR) is 113 cm³/mol. The van der Waals surface area contributed by atoms with Gasteiger partial charge in [-0.25, -0.2) is 4.39 Å². The summed E-state index contributed by atoms with van der Waals surface area (Å²) in [5, 5.41) is 12.3. The molecule has 27 heavy (non-hydrogen) atoms. The highest BCUT2D eigenvalue weighted by molar-refractivity contribution is 7.55. The normalized spacial score (nSPS) is 11.1. The van der Waals surface area contributed by atoms with Gasteiger partial charge in [0.15, 0.2) is 0 Å². The van der Waals surface area contributed by atoms with Crippen molar-refractivity contribution in [3.8, 4) is 28.0 Å². The van der Waals surface area contributed by atoms with Crippen LogP contribution < -0.4 is 10.6 Å². The summed E-state index contributed by atoms with van der Waals surface area (Å²) in [6.45, 7) is 0. The monoisotopic (exact) mass is 372 g/mol. The maximum Gasteiger partial charge on any atom is 0.131 e. The zero-order valence-electron chi connectivity index (χ0n) is 14.6. The molecule has 4 aromatic carbocycles. The number of phenolic OH excluding ortho intramolecular Hbond substituents is 1. The van der Waals surface area contributed by atoms with Crippen LogP contribution in [-0.2, 0) is 0 Å². The maximum absolute atomic E-state index is 14.2. The van der Waals surface area contributed by atoms with Crippen LogP contribution in [0.15, 0.2) is 97.1 Å². The van der Waals surface area contributed by atoms with Gasteiger partial charge in [-0.3, -0.25) is 0 Å². The van der Waals surface area contributed by atoms with E-state index in [4.69, 9.17) is 0 Å². The second kappa shape index (κ2) is 7.73. The van der Waals surface area contributed by atoms with Crippen molar-refractivity contribution in [2.75, 3.05) is 0 Å². The van der Waals surface area contributed by atoms with Gasteiger partial charge in [0.05, 0.1) is 0 Å². The quantitative estimate of drug-likeness (QED) is 0.470. The third-order valence-corrected chi connectivity index (χ3v) is 5.77. The number of phenols is 1. The van der Waals surface area contributed by atoms with Crippen molar-refractivity contribution in [1.82, 2.24) is 0 Å². The number of hydrogen-bond donors (Lipinski definition) is 1. The van der Waals surface area contributed by atoms with Gasteiger partial charge in [-0.05, 0) is 34.9 Å². The van der Waals surface area contributed by atoms with Crippen LogP contribution in [-0.4, -0.2) is 5.11 Å². The van der Waals surface area contributed by atoms with Crippen molar-refractivity contribution in [1.29, 1.82) is 0 Å². The lowest BCUT2D eigenvalue weighted by Gasteiger charge is -2.14. The van der Waals surface area contributed by atoms with Crippen molar-refractivity contribution in [3.63, 3.8) is 0 Å². The summed E-state index contributed by atoms with van der Waals surface area (Å²) in [7, 11) is 0.0320. The van der Waals surface area contributed by atoms with Crippen LogP contribution in [0.2, 0.25) is 0 Å². The van der Waals surface area contributed by atoms with Crippen molar-refractivity contribution in [2.24, 2.45) is 0 Å². The predicted octanol–water partition coefficient (Wildman–Crippen LogP) is 5.49. The average Bonchev–Trinajstić information content (AvgIpc) is 2.72. The highest BCUT2D eigenvalue weighted by Crippen LogP contribution is 2.35. The topological polar surface area (TPSA) is 20.2 Å². The molecule has 3 heteroatoms. The first-order valence-electron chi connectivity index (χ1n) is 8.72. The molecule has 0 saturated carbocycles. The van der Waals surface area contributed by atoms with Gasteiger partial charge in [0.1, 0.15) is 11.6 Å². The summed E-state index contributed by atoms with van der Waals surface area (Å²) >= 11 is 0. The molecule has 0 heterocycles. The molecule has 0 spiro atoms. The summed E-state index contributed by atoms with van der Waals surface area (Å²) in [5.74, 6) is -0.0379. The van der Waals surface area contributed by atoms with Gasteiger partial charge in [-0.1, -0.05) is 87.4 Å². The Morgan fingerprint density at radius 1 is 0.593 bits per heavy atom. The Morgan fingerprint density at radius 2 is 1.19 bits per heavy atom. The Labute approximate surface area is 159 Å². The van der Waals surface area contributed by atoms with Gasteiger partial charge < -0.3 is 5.11 Å². The van der Waals surface area contributed by atoms with Crippen molar-refractivity contribution < 1.29 is 9.50 Å². The zero-order valence-corrected chi connectivity index (χ0v) is 15.6. The van der Waals surface area contributed by atoms with E-state index in [1.165, 1.54) is 6.07 Å². The first-order chi connectivity index (χ1) is 13.2. The molecule has 4 aromatic rings. The molecule has 1 atom stereocenters. The van der Waals surface area contributed by atoms with Gasteiger partial charge in [-0.15, -0.1) is 0 Å². The second-order valence-electron chi connectivity index (χ2n) is 6.26. The van der Waals surface area contributed by atoms with E-state index < -0.39 is 0 Å². The molecule has 0 aliphatic rings. The highest BCUT2D eigenvalue weighted by atomic mass is 31.1. The minimum Gasteiger partial charge on any atom is -0.507 e. The first-order valence-corrected chi connectivity index (χ1v) is 9.72. The fourth-order valence-corrected chi connectivity index (χ4v) is 4.23. The van der Waals surface area contributed by atoms with E-state index in [1.54, 1.807) is 12.1 Å². The molecular weight excluding hydrogens is 354 g/mol. The highest BCUT2D eigenvalue weighted by Gasteiger charge is 2.14. The lowest BCUT2D eigenvalue weighted by Crippen LogP contribution is -2.08. The molecule has 0 aliphatic heterocycles. The summed E-state index contributed by atoms with van der Waals surface area (Å²) in [6.07, 6.45) is 0. The van der Waals surface area contributed by atoms with Crippen LogP contribution in [0.4, 0.5) is 4.39 Å². The standard InChI is InChI=1S/C24H18FOP/c25-21-13-7-8-14-22(21)27-23-16-19(17-9-3-1-4-10-17)15-20(24(23)26)18-11-5-2-6-12-18/h1-16,26-27H. The molecule has 1 N–H and O–H groups in total. The molecule has 1 nitrogen and oxygen atoms in total. The smallest absolute Gasteiger partial charge is 0.131 e. The van der Waals surface area contributed by atoms with Crippen LogP contribution in [0.3, 0.4) is 0 Å². The van der Waals surface area contributed by atoms with Crippen molar-refractivity contribution >= 4 is 19.2 Å². The molecule has 0 bridgehead atoms. The molecular formula is C24H18FOP.